The summed E-state index contributed by atoms with van der Waals surface area (Å²) in [5, 5.41) is 11.1. The Morgan fingerprint density at radius 1 is 0.962 bits per heavy atom. The highest BCUT2D eigenvalue weighted by molar-refractivity contribution is 5.80. The highest BCUT2D eigenvalue weighted by Gasteiger charge is 2.17. The van der Waals surface area contributed by atoms with E-state index in [9.17, 15) is 14.5 Å². The van der Waals surface area contributed by atoms with Crippen LogP contribution in [0.4, 0.5) is 10.1 Å². The Labute approximate surface area is 149 Å². The molecule has 0 heterocycles. The Kier molecular flexibility index (Phi) is 6.00. The van der Waals surface area contributed by atoms with E-state index in [0.29, 0.717) is 22.8 Å². The lowest BCUT2D eigenvalue weighted by molar-refractivity contribution is -0.385. The summed E-state index contributed by atoms with van der Waals surface area (Å²) in [6, 6.07) is 7.06. The first-order valence-corrected chi connectivity index (χ1v) is 7.45. The molecular weight excluding hydrogens is 345 g/mol. The number of halogens is 1. The van der Waals surface area contributed by atoms with Gasteiger partial charge in [-0.05, 0) is 29.8 Å². The summed E-state index contributed by atoms with van der Waals surface area (Å²) in [5.74, 6) is 0.410. The lowest BCUT2D eigenvalue weighted by atomic mass is 10.1. The van der Waals surface area contributed by atoms with E-state index in [4.69, 9.17) is 18.9 Å². The molecule has 0 saturated carbocycles. The molecule has 0 aromatic heterocycles. The maximum Gasteiger partial charge on any atom is 0.311 e. The minimum absolute atomic E-state index is 0.0975. The van der Waals surface area contributed by atoms with Crippen molar-refractivity contribution in [2.45, 2.75) is 0 Å². The molecule has 2 rings (SSSR count). The number of hydrogen-bond acceptors (Lipinski definition) is 6. The predicted octanol–water partition coefficient (Wildman–Crippen LogP) is 4.10. The first-order chi connectivity index (χ1) is 12.4. The maximum absolute atomic E-state index is 14.7. The Morgan fingerprint density at radius 3 is 2.00 bits per heavy atom. The number of methoxy groups -OCH3 is 4. The van der Waals surface area contributed by atoms with Crippen LogP contribution in [0.2, 0.25) is 0 Å². The van der Waals surface area contributed by atoms with E-state index >= 15 is 0 Å². The van der Waals surface area contributed by atoms with Crippen molar-refractivity contribution >= 4 is 17.6 Å². The molecule has 0 N–H and O–H groups in total. The van der Waals surface area contributed by atoms with Gasteiger partial charge >= 0.3 is 5.69 Å². The highest BCUT2D eigenvalue weighted by atomic mass is 19.1. The summed E-state index contributed by atoms with van der Waals surface area (Å²) >= 11 is 0. The van der Waals surface area contributed by atoms with Gasteiger partial charge in [0.15, 0.2) is 17.2 Å². The predicted molar refractivity (Wildman–Crippen MR) is 94.7 cm³/mol. The molecule has 0 fully saturated rings. The van der Waals surface area contributed by atoms with E-state index in [2.05, 4.69) is 0 Å². The fourth-order valence-electron chi connectivity index (χ4n) is 2.39. The number of hydrogen-bond donors (Lipinski definition) is 0. The zero-order valence-electron chi connectivity index (χ0n) is 14.7. The van der Waals surface area contributed by atoms with Gasteiger partial charge in [0, 0.05) is 11.6 Å². The number of nitrogens with zero attached hydrogens (tertiary/aromatic N) is 1. The van der Waals surface area contributed by atoms with Crippen LogP contribution in [0.3, 0.4) is 0 Å². The first-order valence-electron chi connectivity index (χ1n) is 7.45. The molecule has 0 saturated heterocycles. The number of rotatable bonds is 7. The molecule has 0 aliphatic rings. The van der Waals surface area contributed by atoms with Gasteiger partial charge in [-0.3, -0.25) is 10.1 Å². The van der Waals surface area contributed by atoms with Crippen molar-refractivity contribution in [2.24, 2.45) is 0 Å². The molecule has 0 amide bonds. The van der Waals surface area contributed by atoms with Crippen molar-refractivity contribution in [3.05, 3.63) is 51.6 Å². The van der Waals surface area contributed by atoms with Gasteiger partial charge in [-0.15, -0.1) is 0 Å². The van der Waals surface area contributed by atoms with Crippen LogP contribution in [0.1, 0.15) is 11.1 Å². The Balaban J connectivity index is 2.50. The van der Waals surface area contributed by atoms with Crippen LogP contribution >= 0.6 is 0 Å². The van der Waals surface area contributed by atoms with Gasteiger partial charge in [0.05, 0.1) is 33.4 Å². The Hall–Kier alpha value is -3.29. The van der Waals surface area contributed by atoms with Gasteiger partial charge < -0.3 is 18.9 Å². The molecule has 8 heteroatoms. The van der Waals surface area contributed by atoms with Crippen LogP contribution in [0.25, 0.3) is 11.9 Å². The van der Waals surface area contributed by atoms with Crippen molar-refractivity contribution in [3.8, 4) is 23.0 Å². The van der Waals surface area contributed by atoms with Crippen LogP contribution in [-0.4, -0.2) is 33.4 Å². The Morgan fingerprint density at radius 2 is 1.54 bits per heavy atom. The third kappa shape index (κ3) is 3.85. The molecule has 0 radical (unpaired) electrons. The Bertz CT molecular complexity index is 825. The third-order valence-electron chi connectivity index (χ3n) is 3.63. The largest absolute Gasteiger partial charge is 0.493 e. The lowest BCUT2D eigenvalue weighted by Gasteiger charge is -2.13. The smallest absolute Gasteiger partial charge is 0.311 e. The fraction of sp³-hybridized carbons (Fsp3) is 0.222. The molecule has 0 atom stereocenters. The SMILES string of the molecule is COc1ccc(/C=C(/F)c2cc(OC)c(OC)c(OC)c2)cc1[N+](=O)[O-]. The van der Waals surface area contributed by atoms with E-state index in [1.807, 2.05) is 0 Å². The minimum Gasteiger partial charge on any atom is -0.493 e. The monoisotopic (exact) mass is 363 g/mol. The maximum atomic E-state index is 14.7. The number of nitro groups is 1. The third-order valence-corrected chi connectivity index (χ3v) is 3.63. The van der Waals surface area contributed by atoms with Crippen molar-refractivity contribution < 1.29 is 28.3 Å². The molecule has 0 aliphatic heterocycles. The zero-order valence-corrected chi connectivity index (χ0v) is 14.7. The summed E-state index contributed by atoms with van der Waals surface area (Å²) in [5.41, 5.74) is 0.237. The fourth-order valence-corrected chi connectivity index (χ4v) is 2.39. The molecule has 0 unspecified atom stereocenters. The van der Waals surface area contributed by atoms with E-state index in [-0.39, 0.29) is 17.0 Å². The standard InChI is InChI=1S/C18H18FNO6/c1-23-15-6-5-11(8-14(15)20(21)22)7-13(19)12-9-16(24-2)18(26-4)17(10-12)25-3/h5-10H,1-4H3/b13-7+. The van der Waals surface area contributed by atoms with Crippen molar-refractivity contribution in [1.29, 1.82) is 0 Å². The molecular formula is C18H18FNO6. The van der Waals surface area contributed by atoms with E-state index in [1.54, 1.807) is 0 Å². The van der Waals surface area contributed by atoms with E-state index in [1.165, 1.54) is 64.8 Å². The minimum atomic E-state index is -0.622. The summed E-state index contributed by atoms with van der Waals surface area (Å²) in [7, 11) is 5.63. The molecule has 2 aromatic carbocycles. The molecule has 7 nitrogen and oxygen atoms in total. The van der Waals surface area contributed by atoms with Crippen molar-refractivity contribution in [3.63, 3.8) is 0 Å². The van der Waals surface area contributed by atoms with Crippen molar-refractivity contribution in [1.82, 2.24) is 0 Å². The van der Waals surface area contributed by atoms with Crippen LogP contribution in [0.15, 0.2) is 30.3 Å². The number of nitro benzene ring substituents is 1. The summed E-state index contributed by atoms with van der Waals surface area (Å²) in [6.45, 7) is 0. The van der Waals surface area contributed by atoms with Gasteiger partial charge in [0.2, 0.25) is 5.75 Å². The second kappa shape index (κ2) is 8.19. The molecule has 0 spiro atoms. The van der Waals surface area contributed by atoms with E-state index < -0.39 is 10.8 Å². The normalized spacial score (nSPS) is 11.0. The molecule has 2 aromatic rings. The van der Waals surface area contributed by atoms with Gasteiger partial charge in [-0.2, -0.15) is 0 Å². The number of benzene rings is 2. The molecule has 0 aliphatic carbocycles. The average molecular weight is 363 g/mol. The summed E-state index contributed by atoms with van der Waals surface area (Å²) < 4.78 is 35.2. The molecule has 0 bridgehead atoms. The molecule has 138 valence electrons. The average Bonchev–Trinajstić information content (AvgIpc) is 2.66. The molecule has 26 heavy (non-hydrogen) atoms. The summed E-state index contributed by atoms with van der Waals surface area (Å²) in [6.07, 6.45) is 1.17. The van der Waals surface area contributed by atoms with Gasteiger partial charge in [-0.1, -0.05) is 6.07 Å². The zero-order chi connectivity index (χ0) is 19.3. The van der Waals surface area contributed by atoms with Crippen LogP contribution in [-0.2, 0) is 0 Å². The quantitative estimate of drug-likeness (QED) is 0.419. The second-order valence-electron chi connectivity index (χ2n) is 5.09. The van der Waals surface area contributed by atoms with Gasteiger partial charge in [0.1, 0.15) is 5.83 Å². The first kappa shape index (κ1) is 19.0. The van der Waals surface area contributed by atoms with Crippen LogP contribution < -0.4 is 18.9 Å². The number of ether oxygens (including phenoxy) is 4. The second-order valence-corrected chi connectivity index (χ2v) is 5.09. The van der Waals surface area contributed by atoms with Gasteiger partial charge in [-0.25, -0.2) is 4.39 Å². The summed E-state index contributed by atoms with van der Waals surface area (Å²) in [4.78, 5) is 10.5. The highest BCUT2D eigenvalue weighted by Crippen LogP contribution is 2.40. The van der Waals surface area contributed by atoms with Crippen LogP contribution in [0, 0.1) is 10.1 Å². The van der Waals surface area contributed by atoms with Gasteiger partial charge in [0.25, 0.3) is 0 Å². The van der Waals surface area contributed by atoms with Crippen molar-refractivity contribution in [2.75, 3.05) is 28.4 Å². The van der Waals surface area contributed by atoms with E-state index in [0.717, 1.165) is 0 Å². The topological polar surface area (TPSA) is 80.1 Å². The van der Waals surface area contributed by atoms with Crippen LogP contribution in [0.5, 0.6) is 23.0 Å². The lowest BCUT2D eigenvalue weighted by Crippen LogP contribution is -1.96.